The summed E-state index contributed by atoms with van der Waals surface area (Å²) in [5.74, 6) is -0.0896. The fourth-order valence-electron chi connectivity index (χ4n) is 4.35. The smallest absolute Gasteiger partial charge is 0.410 e. The minimum absolute atomic E-state index is 0.0896. The van der Waals surface area contributed by atoms with Crippen LogP contribution < -0.4 is 0 Å². The van der Waals surface area contributed by atoms with Gasteiger partial charge >= 0.3 is 6.09 Å². The van der Waals surface area contributed by atoms with Crippen molar-refractivity contribution >= 4 is 34.2 Å². The molecule has 1 aromatic heterocycles. The van der Waals surface area contributed by atoms with Crippen LogP contribution in [0.2, 0.25) is 0 Å². The van der Waals surface area contributed by atoms with E-state index in [2.05, 4.69) is 31.4 Å². The van der Waals surface area contributed by atoms with Crippen LogP contribution in [0.5, 0.6) is 0 Å². The van der Waals surface area contributed by atoms with Crippen molar-refractivity contribution in [2.45, 2.75) is 39.2 Å². The van der Waals surface area contributed by atoms with E-state index in [1.807, 2.05) is 32.9 Å². The van der Waals surface area contributed by atoms with Crippen molar-refractivity contribution in [3.05, 3.63) is 84.8 Å². The predicted octanol–water partition coefficient (Wildman–Crippen LogP) is 5.81. The number of rotatable bonds is 5. The van der Waals surface area contributed by atoms with E-state index in [-0.39, 0.29) is 12.0 Å². The molecule has 192 valence electrons. The number of aromatic nitrogens is 2. The van der Waals surface area contributed by atoms with Crippen LogP contribution in [0.25, 0.3) is 22.2 Å². The Hall–Kier alpha value is -4.00. The lowest BCUT2D eigenvalue weighted by atomic mass is 9.98. The highest BCUT2D eigenvalue weighted by atomic mass is 16.6. The maximum Gasteiger partial charge on any atom is 0.410 e. The van der Waals surface area contributed by atoms with Gasteiger partial charge in [-0.3, -0.25) is 4.79 Å². The van der Waals surface area contributed by atoms with Gasteiger partial charge in [0, 0.05) is 37.3 Å². The lowest BCUT2D eigenvalue weighted by Gasteiger charge is -2.35. The second kappa shape index (κ2) is 10.9. The number of amides is 2. The zero-order valence-corrected chi connectivity index (χ0v) is 21.9. The molecule has 0 bridgehead atoms. The molecule has 2 aromatic rings. The number of carbonyl (C=O) groups is 2. The van der Waals surface area contributed by atoms with E-state index in [0.29, 0.717) is 42.8 Å². The molecule has 0 unspecified atom stereocenters. The van der Waals surface area contributed by atoms with Crippen molar-refractivity contribution < 1.29 is 14.3 Å². The Balaban J connectivity index is 1.60. The molecule has 2 heterocycles. The molecule has 4 rings (SSSR count). The molecule has 1 saturated heterocycles. The van der Waals surface area contributed by atoms with Crippen molar-refractivity contribution in [2.24, 2.45) is 0 Å². The predicted molar refractivity (Wildman–Crippen MR) is 148 cm³/mol. The number of allylic oxidation sites excluding steroid dienone is 8. The Labute approximate surface area is 218 Å². The monoisotopic (exact) mass is 498 g/mol. The van der Waals surface area contributed by atoms with E-state index in [4.69, 9.17) is 14.7 Å². The fraction of sp³-hybridized carbons (Fsp3) is 0.333. The summed E-state index contributed by atoms with van der Waals surface area (Å²) in [6.07, 6.45) is 13.3. The molecule has 7 heteroatoms. The van der Waals surface area contributed by atoms with E-state index in [9.17, 15) is 9.59 Å². The largest absolute Gasteiger partial charge is 0.444 e. The number of fused-ring (bicyclic) bond motifs is 1. The maximum atomic E-state index is 13.3. The molecule has 37 heavy (non-hydrogen) atoms. The number of benzene rings is 1. The average Bonchev–Trinajstić information content (AvgIpc) is 2.90. The first-order valence-corrected chi connectivity index (χ1v) is 12.6. The topological polar surface area (TPSA) is 75.6 Å². The van der Waals surface area contributed by atoms with Crippen LogP contribution in [0, 0.1) is 0 Å². The molecule has 0 radical (unpaired) electrons. The lowest BCUT2D eigenvalue weighted by Crippen LogP contribution is -2.51. The number of hydrogen-bond donors (Lipinski definition) is 0. The zero-order valence-electron chi connectivity index (χ0n) is 21.9. The third-order valence-corrected chi connectivity index (χ3v) is 6.19. The van der Waals surface area contributed by atoms with Crippen LogP contribution in [0.15, 0.2) is 67.8 Å². The number of carbonyl (C=O) groups excluding carboxylic acids is 2. The summed E-state index contributed by atoms with van der Waals surface area (Å²) < 4.78 is 5.46. The van der Waals surface area contributed by atoms with Crippen LogP contribution in [0.1, 0.15) is 55.4 Å². The van der Waals surface area contributed by atoms with Crippen LogP contribution in [0.3, 0.4) is 0 Å². The van der Waals surface area contributed by atoms with Gasteiger partial charge in [-0.2, -0.15) is 0 Å². The van der Waals surface area contributed by atoms with Crippen LogP contribution in [-0.4, -0.2) is 63.5 Å². The molecule has 1 aromatic carbocycles. The molecule has 0 N–H and O–H groups in total. The average molecular weight is 499 g/mol. The molecule has 2 amide bonds. The van der Waals surface area contributed by atoms with Crippen LogP contribution >= 0.6 is 0 Å². The normalized spacial score (nSPS) is 16.4. The quantitative estimate of drug-likeness (QED) is 0.486. The second-order valence-corrected chi connectivity index (χ2v) is 10.1. The summed E-state index contributed by atoms with van der Waals surface area (Å²) in [6, 6.07) is 5.42. The SMILES string of the molecule is C=C/C=C(\C=C)c1nc2ccc(C(=O)N3CCN(C(=O)OC(C)(C)C)CC3)cc2nc1C1=CCCC=C1. The second-order valence-electron chi connectivity index (χ2n) is 10.1. The minimum Gasteiger partial charge on any atom is -0.444 e. The molecule has 1 aliphatic carbocycles. The van der Waals surface area contributed by atoms with Crippen molar-refractivity contribution in [2.75, 3.05) is 26.2 Å². The van der Waals surface area contributed by atoms with Crippen molar-refractivity contribution in [3.8, 4) is 0 Å². The number of piperazine rings is 1. The molecule has 0 saturated carbocycles. The fourth-order valence-corrected chi connectivity index (χ4v) is 4.35. The van der Waals surface area contributed by atoms with Gasteiger partial charge in [0.1, 0.15) is 5.60 Å². The van der Waals surface area contributed by atoms with Gasteiger partial charge in [-0.05, 0) is 57.4 Å². The van der Waals surface area contributed by atoms with E-state index >= 15 is 0 Å². The Kier molecular flexibility index (Phi) is 7.71. The van der Waals surface area contributed by atoms with Gasteiger partial charge in [0.05, 0.1) is 22.4 Å². The summed E-state index contributed by atoms with van der Waals surface area (Å²) in [6.45, 7) is 15.0. The Morgan fingerprint density at radius 1 is 1.00 bits per heavy atom. The standard InChI is InChI=1S/C30H34N4O3/c1-6-11-21(7-2)26-27(22-12-9-8-10-13-22)32-25-20-23(14-15-24(25)31-26)28(35)33-16-18-34(19-17-33)29(36)37-30(3,4)5/h6-7,9,11-15,20H,1-2,8,10,16-19H2,3-5H3/b21-11+. The van der Waals surface area contributed by atoms with E-state index in [0.717, 1.165) is 35.4 Å². The molecular weight excluding hydrogens is 464 g/mol. The van der Waals surface area contributed by atoms with E-state index < -0.39 is 5.60 Å². The lowest BCUT2D eigenvalue weighted by molar-refractivity contribution is 0.0141. The van der Waals surface area contributed by atoms with Crippen molar-refractivity contribution in [1.82, 2.24) is 19.8 Å². The summed E-state index contributed by atoms with van der Waals surface area (Å²) in [4.78, 5) is 39.0. The summed E-state index contributed by atoms with van der Waals surface area (Å²) in [7, 11) is 0. The summed E-state index contributed by atoms with van der Waals surface area (Å²) in [5.41, 5.74) is 4.67. The number of ether oxygens (including phenoxy) is 1. The molecule has 0 atom stereocenters. The third kappa shape index (κ3) is 6.05. The van der Waals surface area contributed by atoms with E-state index in [1.54, 1.807) is 34.1 Å². The zero-order chi connectivity index (χ0) is 26.6. The van der Waals surface area contributed by atoms with Crippen LogP contribution in [-0.2, 0) is 4.74 Å². The highest BCUT2D eigenvalue weighted by Gasteiger charge is 2.28. The van der Waals surface area contributed by atoms with Gasteiger partial charge in [-0.1, -0.05) is 49.6 Å². The Bertz CT molecular complexity index is 1320. The van der Waals surface area contributed by atoms with Gasteiger partial charge in [0.25, 0.3) is 5.91 Å². The van der Waals surface area contributed by atoms with Gasteiger partial charge in [-0.15, -0.1) is 0 Å². The molecule has 1 fully saturated rings. The highest BCUT2D eigenvalue weighted by molar-refractivity contribution is 5.98. The molecule has 2 aliphatic rings. The van der Waals surface area contributed by atoms with Gasteiger partial charge in [-0.25, -0.2) is 14.8 Å². The first kappa shape index (κ1) is 26.1. The highest BCUT2D eigenvalue weighted by Crippen LogP contribution is 2.29. The van der Waals surface area contributed by atoms with Crippen molar-refractivity contribution in [1.29, 1.82) is 0 Å². The molecule has 0 spiro atoms. The number of hydrogen-bond acceptors (Lipinski definition) is 5. The molecule has 7 nitrogen and oxygen atoms in total. The van der Waals surface area contributed by atoms with E-state index in [1.165, 1.54) is 0 Å². The molecule has 1 aliphatic heterocycles. The summed E-state index contributed by atoms with van der Waals surface area (Å²) in [5, 5.41) is 0. The molecular formula is C30H34N4O3. The van der Waals surface area contributed by atoms with Crippen LogP contribution in [0.4, 0.5) is 4.79 Å². The minimum atomic E-state index is -0.549. The first-order chi connectivity index (χ1) is 17.7. The van der Waals surface area contributed by atoms with Gasteiger partial charge < -0.3 is 14.5 Å². The number of nitrogens with zero attached hydrogens (tertiary/aromatic N) is 4. The van der Waals surface area contributed by atoms with Crippen molar-refractivity contribution in [3.63, 3.8) is 0 Å². The Morgan fingerprint density at radius 3 is 2.35 bits per heavy atom. The third-order valence-electron chi connectivity index (χ3n) is 6.19. The maximum absolute atomic E-state index is 13.3. The summed E-state index contributed by atoms with van der Waals surface area (Å²) >= 11 is 0. The Morgan fingerprint density at radius 2 is 1.73 bits per heavy atom. The van der Waals surface area contributed by atoms with Gasteiger partial charge in [0.15, 0.2) is 0 Å². The first-order valence-electron chi connectivity index (χ1n) is 12.6. The van der Waals surface area contributed by atoms with Gasteiger partial charge in [0.2, 0.25) is 0 Å².